The highest BCUT2D eigenvalue weighted by molar-refractivity contribution is 6.06. The largest absolute Gasteiger partial charge is 0.356 e. The topological polar surface area (TPSA) is 82.3 Å². The lowest BCUT2D eigenvalue weighted by molar-refractivity contribution is -0.131. The van der Waals surface area contributed by atoms with E-state index in [4.69, 9.17) is 0 Å². The summed E-state index contributed by atoms with van der Waals surface area (Å²) in [6.07, 6.45) is 0.783. The van der Waals surface area contributed by atoms with Crippen LogP contribution in [-0.2, 0) is 20.8 Å². The van der Waals surface area contributed by atoms with Gasteiger partial charge < -0.3 is 9.88 Å². The van der Waals surface area contributed by atoms with E-state index in [1.54, 1.807) is 17.0 Å². The van der Waals surface area contributed by atoms with Crippen LogP contribution in [0.4, 0.5) is 4.39 Å². The number of carbonyl (C=O) groups is 3. The third-order valence-corrected chi connectivity index (χ3v) is 5.37. The smallest absolute Gasteiger partial charge is 0.235 e. The first-order valence-corrected chi connectivity index (χ1v) is 8.27. The number of H-pyrrole nitrogens is 1. The molecule has 2 fully saturated rings. The maximum Gasteiger partial charge on any atom is 0.235 e. The van der Waals surface area contributed by atoms with Crippen molar-refractivity contribution in [3.05, 3.63) is 35.3 Å². The van der Waals surface area contributed by atoms with Gasteiger partial charge in [-0.3, -0.25) is 19.7 Å². The minimum atomic E-state index is -0.770. The summed E-state index contributed by atoms with van der Waals surface area (Å²) in [5.41, 5.74) is 1.17. The summed E-state index contributed by atoms with van der Waals surface area (Å²) in [4.78, 5) is 40.9. The molecule has 2 aliphatic rings. The average Bonchev–Trinajstić information content (AvgIpc) is 3.20. The lowest BCUT2D eigenvalue weighted by Crippen LogP contribution is -2.37. The van der Waals surface area contributed by atoms with Crippen LogP contribution in [-0.4, -0.2) is 40.7 Å². The Morgan fingerprint density at radius 1 is 1.36 bits per heavy atom. The third kappa shape index (κ3) is 2.42. The fraction of sp³-hybridized carbons (Fsp3) is 0.389. The van der Waals surface area contributed by atoms with Gasteiger partial charge in [0, 0.05) is 30.6 Å². The Morgan fingerprint density at radius 3 is 2.88 bits per heavy atom. The van der Waals surface area contributed by atoms with Crippen molar-refractivity contribution in [1.82, 2.24) is 15.2 Å². The van der Waals surface area contributed by atoms with E-state index >= 15 is 0 Å². The number of hydrogen-bond acceptors (Lipinski definition) is 3. The molecule has 3 amide bonds. The molecule has 0 saturated carbocycles. The van der Waals surface area contributed by atoms with Crippen LogP contribution in [0.5, 0.6) is 0 Å². The Morgan fingerprint density at radius 2 is 2.16 bits per heavy atom. The van der Waals surface area contributed by atoms with E-state index < -0.39 is 5.41 Å². The Hall–Kier alpha value is -2.70. The number of aryl methyl sites for hydroxylation is 1. The van der Waals surface area contributed by atoms with E-state index in [-0.39, 0.29) is 42.9 Å². The molecule has 130 valence electrons. The molecular formula is C18H18FN3O3. The van der Waals surface area contributed by atoms with Gasteiger partial charge in [0.05, 0.1) is 17.4 Å². The van der Waals surface area contributed by atoms with Gasteiger partial charge >= 0.3 is 0 Å². The second-order valence-electron chi connectivity index (χ2n) is 6.97. The molecular weight excluding hydrogens is 325 g/mol. The van der Waals surface area contributed by atoms with Crippen LogP contribution in [0.15, 0.2) is 18.2 Å². The van der Waals surface area contributed by atoms with Gasteiger partial charge in [-0.1, -0.05) is 12.1 Å². The molecule has 6 nitrogen and oxygen atoms in total. The van der Waals surface area contributed by atoms with Crippen LogP contribution >= 0.6 is 0 Å². The van der Waals surface area contributed by atoms with Crippen molar-refractivity contribution in [3.63, 3.8) is 0 Å². The van der Waals surface area contributed by atoms with Crippen molar-refractivity contribution < 1.29 is 18.8 Å². The van der Waals surface area contributed by atoms with E-state index in [0.29, 0.717) is 23.9 Å². The van der Waals surface area contributed by atoms with Gasteiger partial charge in [0.15, 0.2) is 0 Å². The number of hydrogen-bond donors (Lipinski definition) is 2. The molecule has 1 aromatic carbocycles. The number of para-hydroxylation sites is 1. The van der Waals surface area contributed by atoms with Crippen LogP contribution in [0.2, 0.25) is 0 Å². The number of imide groups is 1. The summed E-state index contributed by atoms with van der Waals surface area (Å²) in [7, 11) is 0. The number of nitrogens with zero attached hydrogens (tertiary/aromatic N) is 1. The molecule has 2 aromatic rings. The molecule has 0 aliphatic carbocycles. The summed E-state index contributed by atoms with van der Waals surface area (Å²) in [6, 6.07) is 4.79. The number of carbonyl (C=O) groups excluding carboxylic acids is 3. The minimum Gasteiger partial charge on any atom is -0.356 e. The highest BCUT2D eigenvalue weighted by atomic mass is 19.1. The quantitative estimate of drug-likeness (QED) is 0.809. The van der Waals surface area contributed by atoms with E-state index in [1.807, 2.05) is 6.92 Å². The number of fused-ring (bicyclic) bond motifs is 1. The summed E-state index contributed by atoms with van der Waals surface area (Å²) >= 11 is 0. The Kier molecular flexibility index (Phi) is 3.42. The van der Waals surface area contributed by atoms with Crippen molar-refractivity contribution in [1.29, 1.82) is 0 Å². The first kappa shape index (κ1) is 15.8. The van der Waals surface area contributed by atoms with Gasteiger partial charge in [0.1, 0.15) is 5.82 Å². The van der Waals surface area contributed by atoms with E-state index in [2.05, 4.69) is 10.3 Å². The van der Waals surface area contributed by atoms with Gasteiger partial charge in [-0.05, 0) is 25.0 Å². The van der Waals surface area contributed by atoms with Crippen LogP contribution in [0, 0.1) is 18.2 Å². The summed E-state index contributed by atoms with van der Waals surface area (Å²) in [5, 5.41) is 3.03. The maximum atomic E-state index is 13.9. The van der Waals surface area contributed by atoms with E-state index in [1.165, 1.54) is 6.07 Å². The van der Waals surface area contributed by atoms with Crippen molar-refractivity contribution in [3.8, 4) is 0 Å². The zero-order valence-corrected chi connectivity index (χ0v) is 13.8. The van der Waals surface area contributed by atoms with E-state index in [9.17, 15) is 18.8 Å². The minimum absolute atomic E-state index is 0.114. The van der Waals surface area contributed by atoms with E-state index in [0.717, 1.165) is 11.3 Å². The lowest BCUT2D eigenvalue weighted by Gasteiger charge is -2.20. The zero-order valence-electron chi connectivity index (χ0n) is 13.8. The van der Waals surface area contributed by atoms with Crippen molar-refractivity contribution in [2.24, 2.45) is 5.41 Å². The van der Waals surface area contributed by atoms with Crippen LogP contribution in [0.25, 0.3) is 10.9 Å². The molecule has 0 unspecified atom stereocenters. The number of amides is 3. The number of aromatic amines is 1. The second-order valence-corrected chi connectivity index (χ2v) is 6.97. The maximum absolute atomic E-state index is 13.9. The van der Waals surface area contributed by atoms with Gasteiger partial charge in [-0.25, -0.2) is 4.39 Å². The van der Waals surface area contributed by atoms with Gasteiger partial charge in [0.2, 0.25) is 17.7 Å². The molecule has 3 heterocycles. The van der Waals surface area contributed by atoms with Gasteiger partial charge in [0.25, 0.3) is 0 Å². The molecule has 0 radical (unpaired) electrons. The number of likely N-dealkylation sites (tertiary alicyclic amines) is 1. The van der Waals surface area contributed by atoms with Crippen LogP contribution in [0.1, 0.15) is 24.1 Å². The fourth-order valence-electron chi connectivity index (χ4n) is 3.96. The van der Waals surface area contributed by atoms with Crippen molar-refractivity contribution in [2.75, 3.05) is 13.1 Å². The highest BCUT2D eigenvalue weighted by Crippen LogP contribution is 2.38. The lowest BCUT2D eigenvalue weighted by atomic mass is 9.85. The normalized spacial score (nSPS) is 23.0. The molecule has 1 spiro atoms. The number of nitrogens with one attached hydrogen (secondary N) is 2. The molecule has 4 rings (SSSR count). The first-order valence-electron chi connectivity index (χ1n) is 8.27. The van der Waals surface area contributed by atoms with Gasteiger partial charge in [-0.15, -0.1) is 0 Å². The standard InChI is InChI=1S/C18H18FN3O3/c1-10-12(11-3-2-4-13(19)16(11)20-10)7-15(24)22-6-5-18(9-22)8-14(23)21-17(18)25/h2-4,20H,5-9H2,1H3,(H,21,23,25)/t18-/m0/s1. The summed E-state index contributed by atoms with van der Waals surface area (Å²) < 4.78 is 13.9. The molecule has 2 saturated heterocycles. The van der Waals surface area contributed by atoms with Crippen molar-refractivity contribution in [2.45, 2.75) is 26.2 Å². The molecule has 1 atom stereocenters. The molecule has 2 aliphatic heterocycles. The predicted molar refractivity (Wildman–Crippen MR) is 88.1 cm³/mol. The SMILES string of the molecule is Cc1[nH]c2c(F)cccc2c1CC(=O)N1CC[C@]2(CC(=O)NC2=O)C1. The molecule has 2 N–H and O–H groups in total. The highest BCUT2D eigenvalue weighted by Gasteiger charge is 2.51. The number of aromatic nitrogens is 1. The van der Waals surface area contributed by atoms with Crippen LogP contribution in [0.3, 0.4) is 0 Å². The fourth-order valence-corrected chi connectivity index (χ4v) is 3.96. The number of benzene rings is 1. The number of halogens is 1. The molecule has 0 bridgehead atoms. The first-order chi connectivity index (χ1) is 11.9. The Labute approximate surface area is 143 Å². The zero-order chi connectivity index (χ0) is 17.8. The van der Waals surface area contributed by atoms with Crippen LogP contribution < -0.4 is 5.32 Å². The Bertz CT molecular complexity index is 920. The average molecular weight is 343 g/mol. The second kappa shape index (κ2) is 5.40. The van der Waals surface area contributed by atoms with Gasteiger partial charge in [-0.2, -0.15) is 0 Å². The third-order valence-electron chi connectivity index (χ3n) is 5.37. The Balaban J connectivity index is 1.56. The monoisotopic (exact) mass is 343 g/mol. The molecule has 1 aromatic heterocycles. The molecule has 7 heteroatoms. The molecule has 25 heavy (non-hydrogen) atoms. The predicted octanol–water partition coefficient (Wildman–Crippen LogP) is 1.42. The van der Waals surface area contributed by atoms with Crippen molar-refractivity contribution >= 4 is 28.6 Å². The summed E-state index contributed by atoms with van der Waals surface area (Å²) in [5.74, 6) is -1.02. The summed E-state index contributed by atoms with van der Waals surface area (Å²) in [6.45, 7) is 2.53. The number of rotatable bonds is 2.